The second-order valence-electron chi connectivity index (χ2n) is 7.88. The molecule has 0 bridgehead atoms. The van der Waals surface area contributed by atoms with Crippen LogP contribution in [0.5, 0.6) is 0 Å². The molecule has 182 valence electrons. The van der Waals surface area contributed by atoms with Gasteiger partial charge in [-0.05, 0) is 49.4 Å². The Morgan fingerprint density at radius 3 is 2.57 bits per heavy atom. The van der Waals surface area contributed by atoms with Crippen LogP contribution >= 0.6 is 11.8 Å². The number of alkyl halides is 3. The molecule has 0 unspecified atom stereocenters. The van der Waals surface area contributed by atoms with Crippen LogP contribution in [0.1, 0.15) is 27.2 Å². The van der Waals surface area contributed by atoms with Gasteiger partial charge in [-0.3, -0.25) is 9.69 Å². The third-order valence-corrected chi connectivity index (χ3v) is 6.72. The molecule has 2 aromatic carbocycles. The van der Waals surface area contributed by atoms with Crippen molar-refractivity contribution in [3.05, 3.63) is 71.0 Å². The number of anilines is 1. The molecule has 7 nitrogen and oxygen atoms in total. The highest BCUT2D eigenvalue weighted by Gasteiger charge is 2.30. The number of morpholine rings is 1. The summed E-state index contributed by atoms with van der Waals surface area (Å²) >= 11 is 1.56. The Bertz CT molecular complexity index is 1250. The Morgan fingerprint density at radius 2 is 1.91 bits per heavy atom. The van der Waals surface area contributed by atoms with Gasteiger partial charge in [-0.2, -0.15) is 23.5 Å². The van der Waals surface area contributed by atoms with Gasteiger partial charge >= 0.3 is 6.18 Å². The molecule has 0 atom stereocenters. The van der Waals surface area contributed by atoms with E-state index in [2.05, 4.69) is 21.4 Å². The molecule has 0 aliphatic carbocycles. The van der Waals surface area contributed by atoms with Gasteiger partial charge in [0.1, 0.15) is 6.07 Å². The van der Waals surface area contributed by atoms with Crippen molar-refractivity contribution in [1.82, 2.24) is 14.7 Å². The molecule has 1 amide bonds. The largest absolute Gasteiger partial charge is 0.416 e. The van der Waals surface area contributed by atoms with Crippen molar-refractivity contribution in [2.75, 3.05) is 37.5 Å². The first kappa shape index (κ1) is 24.8. The number of halogens is 3. The molecule has 11 heteroatoms. The van der Waals surface area contributed by atoms with E-state index in [4.69, 9.17) is 4.74 Å². The van der Waals surface area contributed by atoms with E-state index in [0.29, 0.717) is 35.8 Å². The van der Waals surface area contributed by atoms with E-state index in [9.17, 15) is 23.2 Å². The van der Waals surface area contributed by atoms with E-state index in [-0.39, 0.29) is 5.56 Å². The normalized spacial score (nSPS) is 14.5. The number of nitrogens with zero attached hydrogens (tertiary/aromatic N) is 4. The molecule has 1 N–H and O–H groups in total. The first-order valence-corrected chi connectivity index (χ1v) is 11.8. The molecule has 2 heterocycles. The number of thioether (sulfide) groups is 1. The third-order valence-electron chi connectivity index (χ3n) is 5.56. The van der Waals surface area contributed by atoms with E-state index < -0.39 is 17.6 Å². The summed E-state index contributed by atoms with van der Waals surface area (Å²) in [6.45, 7) is 4.76. The number of nitrogens with one attached hydrogen (secondary N) is 1. The zero-order valence-corrected chi connectivity index (χ0v) is 19.6. The fraction of sp³-hybridized carbons (Fsp3) is 0.292. The van der Waals surface area contributed by atoms with Crippen molar-refractivity contribution in [3.63, 3.8) is 0 Å². The number of carbonyl (C=O) groups excluding carboxylic acids is 1. The molecule has 0 radical (unpaired) electrons. The average molecular weight is 502 g/mol. The maximum atomic E-state index is 12.9. The SMILES string of the molecule is Cc1c(C(=O)Nc2ccc(SCN3CCOCC3)c(C#N)c2)cnn1-c1ccc(C(F)(F)F)cc1. The number of hydrogen-bond acceptors (Lipinski definition) is 6. The van der Waals surface area contributed by atoms with E-state index in [1.54, 1.807) is 36.9 Å². The highest BCUT2D eigenvalue weighted by Crippen LogP contribution is 2.30. The minimum atomic E-state index is -4.43. The molecule has 0 spiro atoms. The van der Waals surface area contributed by atoms with Crippen molar-refractivity contribution in [1.29, 1.82) is 5.26 Å². The Labute approximate surface area is 204 Å². The lowest BCUT2D eigenvalue weighted by molar-refractivity contribution is -0.137. The van der Waals surface area contributed by atoms with Crippen molar-refractivity contribution < 1.29 is 22.7 Å². The van der Waals surface area contributed by atoms with Crippen LogP contribution in [0.15, 0.2) is 53.6 Å². The van der Waals surface area contributed by atoms with Gasteiger partial charge in [-0.25, -0.2) is 4.68 Å². The number of rotatable bonds is 6. The molecular weight excluding hydrogens is 479 g/mol. The van der Waals surface area contributed by atoms with Gasteiger partial charge < -0.3 is 10.1 Å². The minimum Gasteiger partial charge on any atom is -0.379 e. The van der Waals surface area contributed by atoms with Crippen LogP contribution in [0.3, 0.4) is 0 Å². The molecule has 1 aliphatic heterocycles. The second-order valence-corrected chi connectivity index (χ2v) is 8.87. The topological polar surface area (TPSA) is 83.2 Å². The molecule has 4 rings (SSSR count). The number of ether oxygens (including phenoxy) is 1. The van der Waals surface area contributed by atoms with Crippen LogP contribution < -0.4 is 5.32 Å². The first-order valence-electron chi connectivity index (χ1n) is 10.8. The Kier molecular flexibility index (Phi) is 7.45. The Morgan fingerprint density at radius 1 is 1.20 bits per heavy atom. The molecule has 1 saturated heterocycles. The van der Waals surface area contributed by atoms with Gasteiger partial charge in [0, 0.05) is 29.5 Å². The summed E-state index contributed by atoms with van der Waals surface area (Å²) in [5, 5.41) is 16.5. The lowest BCUT2D eigenvalue weighted by Gasteiger charge is -2.26. The van der Waals surface area contributed by atoms with Crippen molar-refractivity contribution in [2.24, 2.45) is 0 Å². The van der Waals surface area contributed by atoms with Crippen LogP contribution in [-0.2, 0) is 10.9 Å². The monoisotopic (exact) mass is 501 g/mol. The van der Waals surface area contributed by atoms with E-state index in [1.165, 1.54) is 23.0 Å². The highest BCUT2D eigenvalue weighted by molar-refractivity contribution is 7.99. The quantitative estimate of drug-likeness (QED) is 0.493. The molecule has 1 fully saturated rings. The number of benzene rings is 2. The number of hydrogen-bond donors (Lipinski definition) is 1. The maximum Gasteiger partial charge on any atom is 0.416 e. The molecule has 1 aromatic heterocycles. The van der Waals surface area contributed by atoms with Crippen LogP contribution in [0, 0.1) is 18.3 Å². The van der Waals surface area contributed by atoms with Crippen molar-refractivity contribution in [3.8, 4) is 11.8 Å². The number of carbonyl (C=O) groups is 1. The fourth-order valence-electron chi connectivity index (χ4n) is 3.59. The summed E-state index contributed by atoms with van der Waals surface area (Å²) < 4.78 is 45.2. The number of aromatic nitrogens is 2. The van der Waals surface area contributed by atoms with Gasteiger partial charge in [0.2, 0.25) is 0 Å². The summed E-state index contributed by atoms with van der Waals surface area (Å²) in [6.07, 6.45) is -3.07. The number of amides is 1. The predicted octanol–water partition coefficient (Wildman–Crippen LogP) is 4.71. The summed E-state index contributed by atoms with van der Waals surface area (Å²) in [5.41, 5.74) is 1.31. The number of nitriles is 1. The molecule has 1 aliphatic rings. The van der Waals surface area contributed by atoms with Gasteiger partial charge in [0.25, 0.3) is 5.91 Å². The van der Waals surface area contributed by atoms with Gasteiger partial charge in [-0.1, -0.05) is 0 Å². The van der Waals surface area contributed by atoms with Crippen LogP contribution in [-0.4, -0.2) is 52.8 Å². The van der Waals surface area contributed by atoms with E-state index in [0.717, 1.165) is 36.0 Å². The predicted molar refractivity (Wildman–Crippen MR) is 126 cm³/mol. The smallest absolute Gasteiger partial charge is 0.379 e. The first-order chi connectivity index (χ1) is 16.8. The zero-order valence-electron chi connectivity index (χ0n) is 18.8. The second kappa shape index (κ2) is 10.5. The standard InChI is InChI=1S/C24H22F3N5O2S/c1-16-21(14-29-32(16)20-5-2-18(3-6-20)24(25,26)27)23(33)30-19-4-7-22(17(12-19)13-28)35-15-31-8-10-34-11-9-31/h2-7,12,14H,8-11,15H2,1H3,(H,30,33). The van der Waals surface area contributed by atoms with Crippen molar-refractivity contribution in [2.45, 2.75) is 18.0 Å². The molecule has 0 saturated carbocycles. The lowest BCUT2D eigenvalue weighted by atomic mass is 10.2. The highest BCUT2D eigenvalue weighted by atomic mass is 32.2. The van der Waals surface area contributed by atoms with Crippen LogP contribution in [0.4, 0.5) is 18.9 Å². The van der Waals surface area contributed by atoms with E-state index >= 15 is 0 Å². The van der Waals surface area contributed by atoms with Crippen LogP contribution in [0.25, 0.3) is 5.69 Å². The molecular formula is C24H22F3N5O2S. The Balaban J connectivity index is 1.45. The summed E-state index contributed by atoms with van der Waals surface area (Å²) in [5.74, 6) is 0.310. The van der Waals surface area contributed by atoms with E-state index in [1.807, 2.05) is 0 Å². The fourth-order valence-corrected chi connectivity index (χ4v) is 4.60. The van der Waals surface area contributed by atoms with Crippen LogP contribution in [0.2, 0.25) is 0 Å². The molecule has 35 heavy (non-hydrogen) atoms. The maximum absolute atomic E-state index is 12.9. The average Bonchev–Trinajstić information content (AvgIpc) is 3.24. The lowest BCUT2D eigenvalue weighted by Crippen LogP contribution is -2.35. The van der Waals surface area contributed by atoms with Gasteiger partial charge in [-0.15, -0.1) is 11.8 Å². The van der Waals surface area contributed by atoms with Gasteiger partial charge in [0.15, 0.2) is 0 Å². The summed E-state index contributed by atoms with van der Waals surface area (Å²) in [7, 11) is 0. The zero-order chi connectivity index (χ0) is 25.0. The van der Waals surface area contributed by atoms with Gasteiger partial charge in [0.05, 0.1) is 47.5 Å². The van der Waals surface area contributed by atoms with Crippen molar-refractivity contribution >= 4 is 23.4 Å². The Hall–Kier alpha value is -3.33. The molecule has 3 aromatic rings. The summed E-state index contributed by atoms with van der Waals surface area (Å²) in [4.78, 5) is 15.9. The third kappa shape index (κ3) is 5.85. The minimum absolute atomic E-state index is 0.272. The summed E-state index contributed by atoms with van der Waals surface area (Å²) in [6, 6.07) is 11.9.